The number of rotatable bonds is 3. The number of benzene rings is 1. The Bertz CT molecular complexity index is 490. The van der Waals surface area contributed by atoms with E-state index < -0.39 is 0 Å². The number of aromatic nitrogens is 2. The Labute approximate surface area is 102 Å². The molecule has 0 bridgehead atoms. The van der Waals surface area contributed by atoms with Crippen LogP contribution in [0.3, 0.4) is 0 Å². The van der Waals surface area contributed by atoms with Gasteiger partial charge < -0.3 is 10.1 Å². The van der Waals surface area contributed by atoms with Crippen molar-refractivity contribution in [1.29, 1.82) is 0 Å². The number of halogens is 1. The fourth-order valence-corrected chi connectivity index (χ4v) is 1.53. The topological polar surface area (TPSA) is 47.0 Å². The Morgan fingerprint density at radius 2 is 2.06 bits per heavy atom. The smallest absolute Gasteiger partial charge is 0.225 e. The number of hydrogen-bond donors (Lipinski definition) is 1. The van der Waals surface area contributed by atoms with E-state index in [1.807, 2.05) is 24.3 Å². The van der Waals surface area contributed by atoms with Crippen LogP contribution in [0.15, 0.2) is 41.0 Å². The minimum Gasteiger partial charge on any atom is -0.438 e. The summed E-state index contributed by atoms with van der Waals surface area (Å²) >= 11 is 3.41. The van der Waals surface area contributed by atoms with Crippen molar-refractivity contribution in [3.8, 4) is 11.6 Å². The molecule has 1 heterocycles. The van der Waals surface area contributed by atoms with Crippen molar-refractivity contribution >= 4 is 21.9 Å². The molecule has 0 aliphatic heterocycles. The van der Waals surface area contributed by atoms with E-state index in [0.29, 0.717) is 11.8 Å². The lowest BCUT2D eigenvalue weighted by molar-refractivity contribution is 0.459. The Kier molecular flexibility index (Phi) is 3.36. The van der Waals surface area contributed by atoms with Crippen molar-refractivity contribution in [2.75, 3.05) is 12.4 Å². The zero-order valence-corrected chi connectivity index (χ0v) is 10.2. The quantitative estimate of drug-likeness (QED) is 0.938. The molecule has 2 rings (SSSR count). The van der Waals surface area contributed by atoms with Crippen molar-refractivity contribution < 1.29 is 4.74 Å². The molecule has 0 unspecified atom stereocenters. The molecule has 82 valence electrons. The van der Waals surface area contributed by atoms with E-state index in [4.69, 9.17) is 4.74 Å². The monoisotopic (exact) mass is 279 g/mol. The first-order chi connectivity index (χ1) is 7.79. The van der Waals surface area contributed by atoms with Gasteiger partial charge in [-0.05, 0) is 28.1 Å². The predicted molar refractivity (Wildman–Crippen MR) is 65.8 cm³/mol. The van der Waals surface area contributed by atoms with E-state index in [2.05, 4.69) is 31.2 Å². The molecule has 16 heavy (non-hydrogen) atoms. The van der Waals surface area contributed by atoms with Gasteiger partial charge in [-0.15, -0.1) is 0 Å². The molecule has 1 aromatic heterocycles. The third kappa shape index (κ3) is 2.49. The summed E-state index contributed by atoms with van der Waals surface area (Å²) in [6.07, 6.45) is 1.64. The van der Waals surface area contributed by atoms with Gasteiger partial charge in [0, 0.05) is 19.3 Å². The fraction of sp³-hybridized carbons (Fsp3) is 0.0909. The first-order valence-corrected chi connectivity index (χ1v) is 5.52. The summed E-state index contributed by atoms with van der Waals surface area (Å²) in [7, 11) is 1.76. The summed E-state index contributed by atoms with van der Waals surface area (Å²) in [6.45, 7) is 0. The first kappa shape index (κ1) is 10.9. The molecule has 0 amide bonds. The van der Waals surface area contributed by atoms with Crippen LogP contribution in [0, 0.1) is 0 Å². The largest absolute Gasteiger partial charge is 0.438 e. The molecular formula is C11H10BrN3O. The molecule has 0 radical (unpaired) electrons. The van der Waals surface area contributed by atoms with Gasteiger partial charge in [-0.3, -0.25) is 0 Å². The van der Waals surface area contributed by atoms with E-state index in [-0.39, 0.29) is 0 Å². The van der Waals surface area contributed by atoms with Gasteiger partial charge >= 0.3 is 0 Å². The average molecular weight is 280 g/mol. The molecule has 0 atom stereocenters. The van der Waals surface area contributed by atoms with E-state index in [1.54, 1.807) is 19.3 Å². The zero-order chi connectivity index (χ0) is 11.4. The van der Waals surface area contributed by atoms with Crippen LogP contribution in [0.5, 0.6) is 11.6 Å². The van der Waals surface area contributed by atoms with Crippen LogP contribution in [0.2, 0.25) is 0 Å². The van der Waals surface area contributed by atoms with Gasteiger partial charge in [0.05, 0.1) is 4.47 Å². The summed E-state index contributed by atoms with van der Waals surface area (Å²) in [5, 5.41) is 2.85. The van der Waals surface area contributed by atoms with Crippen LogP contribution >= 0.6 is 15.9 Å². The van der Waals surface area contributed by atoms with Gasteiger partial charge in [-0.1, -0.05) is 12.1 Å². The molecule has 0 spiro atoms. The SMILES string of the molecule is CNc1nccc(Oc2ccccc2Br)n1. The van der Waals surface area contributed by atoms with E-state index in [0.717, 1.165) is 10.2 Å². The van der Waals surface area contributed by atoms with Crippen molar-refractivity contribution in [1.82, 2.24) is 9.97 Å². The molecule has 0 saturated carbocycles. The second-order valence-corrected chi connectivity index (χ2v) is 3.86. The summed E-state index contributed by atoms with van der Waals surface area (Å²) in [6, 6.07) is 9.32. The van der Waals surface area contributed by atoms with Crippen LogP contribution in [-0.4, -0.2) is 17.0 Å². The number of para-hydroxylation sites is 1. The summed E-state index contributed by atoms with van der Waals surface area (Å²) < 4.78 is 6.50. The molecule has 0 fully saturated rings. The molecule has 0 aliphatic carbocycles. The highest BCUT2D eigenvalue weighted by Gasteiger charge is 2.03. The third-order valence-corrected chi connectivity index (χ3v) is 2.56. The molecule has 4 nitrogen and oxygen atoms in total. The molecular weight excluding hydrogens is 270 g/mol. The van der Waals surface area contributed by atoms with Gasteiger partial charge in [0.25, 0.3) is 0 Å². The van der Waals surface area contributed by atoms with Crippen molar-refractivity contribution in [2.24, 2.45) is 0 Å². The van der Waals surface area contributed by atoms with Gasteiger partial charge in [0.15, 0.2) is 0 Å². The zero-order valence-electron chi connectivity index (χ0n) is 8.64. The fourth-order valence-electron chi connectivity index (χ4n) is 1.16. The van der Waals surface area contributed by atoms with Gasteiger partial charge in [0.1, 0.15) is 5.75 Å². The van der Waals surface area contributed by atoms with Gasteiger partial charge in [-0.2, -0.15) is 4.98 Å². The standard InChI is InChI=1S/C11H10BrN3O/c1-13-11-14-7-6-10(15-11)16-9-5-3-2-4-8(9)12/h2-7H,1H3,(H,13,14,15). The molecule has 0 saturated heterocycles. The molecule has 1 N–H and O–H groups in total. The minimum absolute atomic E-state index is 0.506. The Morgan fingerprint density at radius 3 is 2.81 bits per heavy atom. The number of ether oxygens (including phenoxy) is 1. The highest BCUT2D eigenvalue weighted by atomic mass is 79.9. The van der Waals surface area contributed by atoms with Crippen molar-refractivity contribution in [3.63, 3.8) is 0 Å². The van der Waals surface area contributed by atoms with Crippen LogP contribution in [-0.2, 0) is 0 Å². The lowest BCUT2D eigenvalue weighted by Crippen LogP contribution is -1.97. The molecule has 2 aromatic rings. The second-order valence-electron chi connectivity index (χ2n) is 3.00. The normalized spacial score (nSPS) is 9.88. The average Bonchev–Trinajstić information content (AvgIpc) is 2.32. The number of nitrogens with zero attached hydrogens (tertiary/aromatic N) is 2. The molecule has 5 heteroatoms. The number of anilines is 1. The highest BCUT2D eigenvalue weighted by Crippen LogP contribution is 2.28. The Hall–Kier alpha value is -1.62. The number of nitrogens with one attached hydrogen (secondary N) is 1. The summed E-state index contributed by atoms with van der Waals surface area (Å²) in [5.74, 6) is 1.76. The summed E-state index contributed by atoms with van der Waals surface area (Å²) in [4.78, 5) is 8.17. The van der Waals surface area contributed by atoms with Crippen LogP contribution < -0.4 is 10.1 Å². The minimum atomic E-state index is 0.506. The second kappa shape index (κ2) is 4.94. The lowest BCUT2D eigenvalue weighted by atomic mass is 10.3. The van der Waals surface area contributed by atoms with Gasteiger partial charge in [0.2, 0.25) is 11.8 Å². The molecule has 1 aromatic carbocycles. The third-order valence-electron chi connectivity index (χ3n) is 1.90. The number of hydrogen-bond acceptors (Lipinski definition) is 4. The van der Waals surface area contributed by atoms with Crippen LogP contribution in [0.25, 0.3) is 0 Å². The predicted octanol–water partition coefficient (Wildman–Crippen LogP) is 3.07. The Morgan fingerprint density at radius 1 is 1.25 bits per heavy atom. The van der Waals surface area contributed by atoms with Crippen molar-refractivity contribution in [2.45, 2.75) is 0 Å². The van der Waals surface area contributed by atoms with Crippen LogP contribution in [0.4, 0.5) is 5.95 Å². The molecule has 0 aliphatic rings. The lowest BCUT2D eigenvalue weighted by Gasteiger charge is -2.06. The van der Waals surface area contributed by atoms with Crippen LogP contribution in [0.1, 0.15) is 0 Å². The highest BCUT2D eigenvalue weighted by molar-refractivity contribution is 9.10. The van der Waals surface area contributed by atoms with E-state index in [1.165, 1.54) is 0 Å². The van der Waals surface area contributed by atoms with Crippen molar-refractivity contribution in [3.05, 3.63) is 41.0 Å². The summed E-state index contributed by atoms with van der Waals surface area (Å²) in [5.41, 5.74) is 0. The first-order valence-electron chi connectivity index (χ1n) is 4.73. The maximum absolute atomic E-state index is 5.61. The maximum Gasteiger partial charge on any atom is 0.225 e. The van der Waals surface area contributed by atoms with Gasteiger partial charge in [-0.25, -0.2) is 4.98 Å². The maximum atomic E-state index is 5.61. The van der Waals surface area contributed by atoms with E-state index in [9.17, 15) is 0 Å². The van der Waals surface area contributed by atoms with E-state index >= 15 is 0 Å². The Balaban J connectivity index is 2.24.